The third-order valence-corrected chi connectivity index (χ3v) is 4.89. The van der Waals surface area contributed by atoms with Gasteiger partial charge in [0.1, 0.15) is 5.76 Å². The molecule has 1 fully saturated rings. The summed E-state index contributed by atoms with van der Waals surface area (Å²) in [5.74, 6) is 1.54. The smallest absolute Gasteiger partial charge is 0.230 e. The van der Waals surface area contributed by atoms with Gasteiger partial charge in [0.25, 0.3) is 0 Å². The highest BCUT2D eigenvalue weighted by Crippen LogP contribution is 2.27. The molecule has 1 N–H and O–H groups in total. The fourth-order valence-electron chi connectivity index (χ4n) is 3.56. The first-order valence-corrected chi connectivity index (χ1v) is 8.87. The molecule has 6 nitrogen and oxygen atoms in total. The lowest BCUT2D eigenvalue weighted by Gasteiger charge is -2.15. The van der Waals surface area contributed by atoms with Crippen molar-refractivity contribution in [3.63, 3.8) is 0 Å². The number of aromatic nitrogens is 1. The van der Waals surface area contributed by atoms with Gasteiger partial charge in [0.15, 0.2) is 5.82 Å². The van der Waals surface area contributed by atoms with E-state index in [2.05, 4.69) is 10.5 Å². The van der Waals surface area contributed by atoms with E-state index >= 15 is 0 Å². The van der Waals surface area contributed by atoms with Crippen LogP contribution in [0.1, 0.15) is 42.6 Å². The van der Waals surface area contributed by atoms with Crippen LogP contribution in [0.25, 0.3) is 0 Å². The lowest BCUT2D eigenvalue weighted by Crippen LogP contribution is -2.23. The van der Waals surface area contributed by atoms with Crippen molar-refractivity contribution < 1.29 is 14.1 Å². The van der Waals surface area contributed by atoms with Gasteiger partial charge in [0.2, 0.25) is 11.8 Å². The van der Waals surface area contributed by atoms with Crippen LogP contribution in [0, 0.1) is 0 Å². The standard InChI is InChI=1S/C19H21N3O3/c23-17(20-19-15-4-1-2-5-16(15)25-21-19)12-13-7-9-14(10-8-13)22-11-3-6-18(22)24/h7-10H,1-6,11-12H2,(H,20,21,23). The fraction of sp³-hybridized carbons (Fsp3) is 0.421. The van der Waals surface area contributed by atoms with Crippen molar-refractivity contribution in [3.8, 4) is 0 Å². The van der Waals surface area contributed by atoms with Crippen LogP contribution in [0.4, 0.5) is 11.5 Å². The largest absolute Gasteiger partial charge is 0.359 e. The third kappa shape index (κ3) is 3.29. The predicted molar refractivity (Wildman–Crippen MR) is 93.5 cm³/mol. The minimum atomic E-state index is -0.105. The summed E-state index contributed by atoms with van der Waals surface area (Å²) in [6, 6.07) is 7.62. The zero-order valence-corrected chi connectivity index (χ0v) is 14.1. The summed E-state index contributed by atoms with van der Waals surface area (Å²) in [5, 5.41) is 6.87. The number of fused-ring (bicyclic) bond motifs is 1. The average Bonchev–Trinajstić information content (AvgIpc) is 3.22. The Bertz CT molecular complexity index is 795. The van der Waals surface area contributed by atoms with E-state index in [-0.39, 0.29) is 18.2 Å². The maximum atomic E-state index is 12.3. The normalized spacial score (nSPS) is 16.8. The highest BCUT2D eigenvalue weighted by atomic mass is 16.5. The molecule has 0 bridgehead atoms. The van der Waals surface area contributed by atoms with Crippen molar-refractivity contribution in [2.75, 3.05) is 16.8 Å². The lowest BCUT2D eigenvalue weighted by atomic mass is 9.98. The maximum Gasteiger partial charge on any atom is 0.230 e. The van der Waals surface area contributed by atoms with Gasteiger partial charge < -0.3 is 14.7 Å². The average molecular weight is 339 g/mol. The molecule has 130 valence electrons. The number of aryl methyl sites for hydroxylation is 1. The molecule has 1 aromatic heterocycles. The number of carbonyl (C=O) groups is 2. The van der Waals surface area contributed by atoms with Gasteiger partial charge in [-0.25, -0.2) is 0 Å². The Morgan fingerprint density at radius 1 is 1.12 bits per heavy atom. The number of hydrogen-bond donors (Lipinski definition) is 1. The Hall–Kier alpha value is -2.63. The maximum absolute atomic E-state index is 12.3. The fourth-order valence-corrected chi connectivity index (χ4v) is 3.56. The first kappa shape index (κ1) is 15.9. The number of nitrogens with one attached hydrogen (secondary N) is 1. The molecule has 2 heterocycles. The Kier molecular flexibility index (Phi) is 4.26. The van der Waals surface area contributed by atoms with Gasteiger partial charge in [-0.15, -0.1) is 0 Å². The molecule has 25 heavy (non-hydrogen) atoms. The van der Waals surface area contributed by atoms with Crippen LogP contribution < -0.4 is 10.2 Å². The summed E-state index contributed by atoms with van der Waals surface area (Å²) in [4.78, 5) is 25.9. The van der Waals surface area contributed by atoms with Crippen LogP contribution in [0.2, 0.25) is 0 Å². The number of rotatable bonds is 4. The second-order valence-corrected chi connectivity index (χ2v) is 6.68. The molecule has 4 rings (SSSR count). The lowest BCUT2D eigenvalue weighted by molar-refractivity contribution is -0.117. The van der Waals surface area contributed by atoms with Crippen LogP contribution in [0.3, 0.4) is 0 Å². The molecule has 0 radical (unpaired) electrons. The summed E-state index contributed by atoms with van der Waals surface area (Å²) in [6.07, 6.45) is 5.82. The van der Waals surface area contributed by atoms with Gasteiger partial charge in [-0.2, -0.15) is 0 Å². The second-order valence-electron chi connectivity index (χ2n) is 6.68. The number of amides is 2. The zero-order valence-electron chi connectivity index (χ0n) is 14.1. The van der Waals surface area contributed by atoms with E-state index in [1.165, 1.54) is 0 Å². The van der Waals surface area contributed by atoms with Crippen molar-refractivity contribution in [2.24, 2.45) is 0 Å². The molecular formula is C19H21N3O3. The number of hydrogen-bond acceptors (Lipinski definition) is 4. The number of benzene rings is 1. The Morgan fingerprint density at radius 2 is 1.92 bits per heavy atom. The van der Waals surface area contributed by atoms with Crippen LogP contribution in [-0.2, 0) is 28.9 Å². The molecule has 1 aliphatic heterocycles. The summed E-state index contributed by atoms with van der Waals surface area (Å²) >= 11 is 0. The Balaban J connectivity index is 1.39. The van der Waals surface area contributed by atoms with Gasteiger partial charge in [-0.1, -0.05) is 17.3 Å². The van der Waals surface area contributed by atoms with Crippen molar-refractivity contribution in [1.82, 2.24) is 5.16 Å². The molecule has 0 saturated carbocycles. The van der Waals surface area contributed by atoms with Gasteiger partial charge in [-0.05, 0) is 43.4 Å². The molecule has 2 aliphatic rings. The van der Waals surface area contributed by atoms with Gasteiger partial charge >= 0.3 is 0 Å². The molecule has 1 saturated heterocycles. The Morgan fingerprint density at radius 3 is 2.68 bits per heavy atom. The van der Waals surface area contributed by atoms with Crippen molar-refractivity contribution in [1.29, 1.82) is 0 Å². The zero-order chi connectivity index (χ0) is 17.2. The number of carbonyl (C=O) groups excluding carboxylic acids is 2. The summed E-state index contributed by atoms with van der Waals surface area (Å²) in [6.45, 7) is 0.774. The quantitative estimate of drug-likeness (QED) is 0.929. The molecule has 0 spiro atoms. The number of anilines is 2. The van der Waals surface area contributed by atoms with E-state index in [0.29, 0.717) is 12.2 Å². The summed E-state index contributed by atoms with van der Waals surface area (Å²) < 4.78 is 5.32. The van der Waals surface area contributed by atoms with E-state index < -0.39 is 0 Å². The SMILES string of the molecule is O=C(Cc1ccc(N2CCCC2=O)cc1)Nc1noc2c1CCCC2. The van der Waals surface area contributed by atoms with Gasteiger partial charge in [-0.3, -0.25) is 9.59 Å². The molecule has 1 aliphatic carbocycles. The second kappa shape index (κ2) is 6.70. The van der Waals surface area contributed by atoms with Gasteiger partial charge in [0, 0.05) is 30.6 Å². The summed E-state index contributed by atoms with van der Waals surface area (Å²) in [5.41, 5.74) is 2.85. The highest BCUT2D eigenvalue weighted by molar-refractivity contribution is 5.95. The van der Waals surface area contributed by atoms with E-state index in [0.717, 1.165) is 61.2 Å². The highest BCUT2D eigenvalue weighted by Gasteiger charge is 2.22. The molecular weight excluding hydrogens is 318 g/mol. The van der Waals surface area contributed by atoms with E-state index in [1.54, 1.807) is 4.90 Å². The molecule has 2 amide bonds. The first-order chi connectivity index (χ1) is 12.2. The van der Waals surface area contributed by atoms with Crippen LogP contribution in [0.15, 0.2) is 28.8 Å². The van der Waals surface area contributed by atoms with E-state index in [9.17, 15) is 9.59 Å². The predicted octanol–water partition coefficient (Wildman–Crippen LogP) is 2.86. The van der Waals surface area contributed by atoms with Gasteiger partial charge in [0.05, 0.1) is 6.42 Å². The van der Waals surface area contributed by atoms with E-state index in [4.69, 9.17) is 4.52 Å². The summed E-state index contributed by atoms with van der Waals surface area (Å²) in [7, 11) is 0. The Labute approximate surface area is 146 Å². The third-order valence-electron chi connectivity index (χ3n) is 4.89. The topological polar surface area (TPSA) is 75.4 Å². The monoisotopic (exact) mass is 339 g/mol. The molecule has 6 heteroatoms. The number of nitrogens with zero attached hydrogens (tertiary/aromatic N) is 2. The molecule has 2 aromatic rings. The van der Waals surface area contributed by atoms with Crippen molar-refractivity contribution in [2.45, 2.75) is 44.9 Å². The van der Waals surface area contributed by atoms with Crippen molar-refractivity contribution >= 4 is 23.3 Å². The molecule has 1 aromatic carbocycles. The van der Waals surface area contributed by atoms with Crippen LogP contribution >= 0.6 is 0 Å². The minimum absolute atomic E-state index is 0.105. The van der Waals surface area contributed by atoms with Crippen LogP contribution in [0.5, 0.6) is 0 Å². The van der Waals surface area contributed by atoms with Crippen LogP contribution in [-0.4, -0.2) is 23.5 Å². The first-order valence-electron chi connectivity index (χ1n) is 8.87. The molecule has 0 unspecified atom stereocenters. The molecule has 0 atom stereocenters. The minimum Gasteiger partial charge on any atom is -0.359 e. The van der Waals surface area contributed by atoms with E-state index in [1.807, 2.05) is 24.3 Å². The van der Waals surface area contributed by atoms with Crippen molar-refractivity contribution in [3.05, 3.63) is 41.2 Å².